The Bertz CT molecular complexity index is 856. The van der Waals surface area contributed by atoms with Crippen LogP contribution >= 0.6 is 11.6 Å². The third kappa shape index (κ3) is 4.93. The average Bonchev–Trinajstić information content (AvgIpc) is 2.71. The van der Waals surface area contributed by atoms with Gasteiger partial charge in [0.25, 0.3) is 5.91 Å². The van der Waals surface area contributed by atoms with Gasteiger partial charge >= 0.3 is 10.2 Å². The number of aliphatic hydroxyl groups excluding tert-OH is 1. The average molecular weight is 447 g/mol. The number of anilines is 1. The summed E-state index contributed by atoms with van der Waals surface area (Å²) in [7, 11) is -3.78. The van der Waals surface area contributed by atoms with Crippen LogP contribution < -0.4 is 14.4 Å². The van der Waals surface area contributed by atoms with E-state index in [-0.39, 0.29) is 48.8 Å². The van der Waals surface area contributed by atoms with E-state index >= 15 is 0 Å². The van der Waals surface area contributed by atoms with Crippen molar-refractivity contribution in [1.29, 1.82) is 0 Å². The van der Waals surface area contributed by atoms with Crippen molar-refractivity contribution >= 4 is 33.4 Å². The zero-order chi connectivity index (χ0) is 21.2. The number of fused-ring (bicyclic) bond motifs is 1. The largest absolute Gasteiger partial charge is 0.474 e. The van der Waals surface area contributed by atoms with Gasteiger partial charge in [0.05, 0.1) is 12.1 Å². The van der Waals surface area contributed by atoms with E-state index in [0.29, 0.717) is 25.9 Å². The molecule has 0 spiro atoms. The number of piperidine rings is 1. The first-order chi connectivity index (χ1) is 13.6. The lowest BCUT2D eigenvalue weighted by atomic mass is 9.95. The van der Waals surface area contributed by atoms with E-state index in [0.717, 1.165) is 0 Å². The summed E-state index contributed by atoms with van der Waals surface area (Å²) in [6.45, 7) is 4.87. The maximum absolute atomic E-state index is 13.2. The second-order valence-corrected chi connectivity index (χ2v) is 10.5. The van der Waals surface area contributed by atoms with Crippen LogP contribution in [0.4, 0.5) is 5.69 Å². The summed E-state index contributed by atoms with van der Waals surface area (Å²) >= 11 is 6.10. The highest BCUT2D eigenvalue weighted by Gasteiger charge is 2.36. The molecular formula is C18H27ClN4O5S. The van der Waals surface area contributed by atoms with Crippen LogP contribution in [0.2, 0.25) is 0 Å². The lowest BCUT2D eigenvalue weighted by molar-refractivity contribution is 0.0910. The smallest absolute Gasteiger partial charge is 0.304 e. The van der Waals surface area contributed by atoms with Gasteiger partial charge < -0.3 is 15.2 Å². The molecule has 0 saturated carbocycles. The highest BCUT2D eigenvalue weighted by atomic mass is 35.5. The van der Waals surface area contributed by atoms with Crippen LogP contribution in [0.3, 0.4) is 0 Å². The summed E-state index contributed by atoms with van der Waals surface area (Å²) in [4.78, 5) is 16.7. The number of hydrogen-bond acceptors (Lipinski definition) is 6. The summed E-state index contributed by atoms with van der Waals surface area (Å²) in [6, 6.07) is 1.48. The number of amides is 1. The molecule has 1 aromatic rings. The number of alkyl halides is 1. The van der Waals surface area contributed by atoms with E-state index in [9.17, 15) is 18.3 Å². The number of carbonyl (C=O) groups is 1. The summed E-state index contributed by atoms with van der Waals surface area (Å²) in [5.74, 6) is -0.216. The van der Waals surface area contributed by atoms with Gasteiger partial charge in [-0.1, -0.05) is 13.8 Å². The predicted molar refractivity (Wildman–Crippen MR) is 110 cm³/mol. The van der Waals surface area contributed by atoms with Crippen molar-refractivity contribution in [2.24, 2.45) is 5.41 Å². The van der Waals surface area contributed by atoms with Crippen LogP contribution in [0.1, 0.15) is 37.0 Å². The summed E-state index contributed by atoms with van der Waals surface area (Å²) in [5.41, 5.74) is 0.00519. The molecule has 2 aliphatic rings. The van der Waals surface area contributed by atoms with E-state index in [1.165, 1.54) is 20.9 Å². The number of ether oxygens (including phenoxy) is 1. The minimum absolute atomic E-state index is 0.0152. The van der Waals surface area contributed by atoms with Gasteiger partial charge in [0, 0.05) is 43.2 Å². The van der Waals surface area contributed by atoms with Crippen molar-refractivity contribution in [3.05, 3.63) is 17.8 Å². The number of nitrogens with zero attached hydrogens (tertiary/aromatic N) is 3. The van der Waals surface area contributed by atoms with Crippen molar-refractivity contribution in [3.63, 3.8) is 0 Å². The number of carbonyl (C=O) groups excluding carboxylic acids is 1. The zero-order valence-electron chi connectivity index (χ0n) is 16.6. The molecule has 29 heavy (non-hydrogen) atoms. The van der Waals surface area contributed by atoms with Crippen LogP contribution in [-0.4, -0.2) is 73.5 Å². The summed E-state index contributed by atoms with van der Waals surface area (Å²) in [6.07, 6.45) is 2.55. The first-order valence-electron chi connectivity index (χ1n) is 9.58. The predicted octanol–water partition coefficient (Wildman–Crippen LogP) is 0.977. The SMILES string of the molecule is CC(C)(CO)CNC(=O)c1cnc2c(c1)N(S(=O)(=O)N1CCC(Cl)CC1)CCO2. The van der Waals surface area contributed by atoms with Crippen LogP contribution in [-0.2, 0) is 10.2 Å². The number of aromatic nitrogens is 1. The van der Waals surface area contributed by atoms with Crippen molar-refractivity contribution < 1.29 is 23.1 Å². The quantitative estimate of drug-likeness (QED) is 0.630. The van der Waals surface area contributed by atoms with Gasteiger partial charge in [-0.15, -0.1) is 11.6 Å². The molecule has 2 aliphatic heterocycles. The molecule has 3 heterocycles. The molecule has 162 valence electrons. The van der Waals surface area contributed by atoms with Gasteiger partial charge in [-0.3, -0.25) is 4.79 Å². The topological polar surface area (TPSA) is 112 Å². The molecule has 0 radical (unpaired) electrons. The second-order valence-electron chi connectivity index (χ2n) is 8.06. The highest BCUT2D eigenvalue weighted by Crippen LogP contribution is 2.34. The van der Waals surface area contributed by atoms with E-state index < -0.39 is 21.5 Å². The second kappa shape index (κ2) is 8.63. The minimum Gasteiger partial charge on any atom is -0.474 e. The van der Waals surface area contributed by atoms with Gasteiger partial charge in [-0.05, 0) is 18.9 Å². The Balaban J connectivity index is 1.83. The molecule has 1 saturated heterocycles. The maximum Gasteiger partial charge on any atom is 0.304 e. The number of rotatable bonds is 6. The molecule has 1 amide bonds. The van der Waals surface area contributed by atoms with Gasteiger partial charge in [0.2, 0.25) is 5.88 Å². The van der Waals surface area contributed by atoms with E-state index in [2.05, 4.69) is 10.3 Å². The number of pyridine rings is 1. The number of halogens is 1. The van der Waals surface area contributed by atoms with Crippen molar-refractivity contribution in [2.75, 3.05) is 43.7 Å². The minimum atomic E-state index is -3.78. The van der Waals surface area contributed by atoms with Crippen LogP contribution in [0.25, 0.3) is 0 Å². The van der Waals surface area contributed by atoms with Crippen molar-refractivity contribution in [1.82, 2.24) is 14.6 Å². The zero-order valence-corrected chi connectivity index (χ0v) is 18.2. The molecule has 11 heteroatoms. The van der Waals surface area contributed by atoms with Gasteiger partial charge in [-0.2, -0.15) is 12.7 Å². The van der Waals surface area contributed by atoms with Crippen molar-refractivity contribution in [2.45, 2.75) is 32.1 Å². The first-order valence-corrected chi connectivity index (χ1v) is 11.4. The standard InChI is InChI=1S/C18H27ClN4O5S/c1-18(2,12-24)11-21-16(25)13-9-15-17(20-10-13)28-8-7-23(15)29(26,27)22-5-3-14(19)4-6-22/h9-10,14,24H,3-8,11-12H2,1-2H3,(H,21,25). The molecule has 0 aliphatic carbocycles. The fourth-order valence-corrected chi connectivity index (χ4v) is 4.94. The normalized spacial score (nSPS) is 18.8. The Hall–Kier alpha value is -1.62. The molecule has 1 fully saturated rings. The lowest BCUT2D eigenvalue weighted by Crippen LogP contribution is -2.50. The Kier molecular flexibility index (Phi) is 6.57. The van der Waals surface area contributed by atoms with Crippen molar-refractivity contribution in [3.8, 4) is 5.88 Å². The van der Waals surface area contributed by atoms with E-state index in [4.69, 9.17) is 16.3 Å². The number of nitrogens with one attached hydrogen (secondary N) is 1. The molecule has 3 rings (SSSR count). The third-order valence-electron chi connectivity index (χ3n) is 5.04. The molecular weight excluding hydrogens is 420 g/mol. The summed E-state index contributed by atoms with van der Waals surface area (Å²) < 4.78 is 34.5. The maximum atomic E-state index is 13.2. The van der Waals surface area contributed by atoms with Gasteiger partial charge in [-0.25, -0.2) is 9.29 Å². The fourth-order valence-electron chi connectivity index (χ4n) is 3.11. The van der Waals surface area contributed by atoms with Crippen LogP contribution in [0.15, 0.2) is 12.3 Å². The molecule has 0 bridgehead atoms. The van der Waals surface area contributed by atoms with Gasteiger partial charge in [0.1, 0.15) is 12.3 Å². The molecule has 0 aromatic carbocycles. The number of hydrogen-bond donors (Lipinski definition) is 2. The molecule has 1 aromatic heterocycles. The fraction of sp³-hybridized carbons (Fsp3) is 0.667. The molecule has 0 unspecified atom stereocenters. The molecule has 2 N–H and O–H groups in total. The Morgan fingerprint density at radius 1 is 1.38 bits per heavy atom. The van der Waals surface area contributed by atoms with E-state index in [1.807, 2.05) is 13.8 Å². The first kappa shape index (κ1) is 22.1. The lowest BCUT2D eigenvalue weighted by Gasteiger charge is -2.36. The highest BCUT2D eigenvalue weighted by molar-refractivity contribution is 7.90. The Morgan fingerprint density at radius 3 is 2.72 bits per heavy atom. The Labute approximate surface area is 176 Å². The van der Waals surface area contributed by atoms with Crippen LogP contribution in [0, 0.1) is 5.41 Å². The summed E-state index contributed by atoms with van der Waals surface area (Å²) in [5, 5.41) is 12.1. The monoisotopic (exact) mass is 446 g/mol. The van der Waals surface area contributed by atoms with E-state index in [1.54, 1.807) is 0 Å². The van der Waals surface area contributed by atoms with Gasteiger partial charge in [0.15, 0.2) is 0 Å². The van der Waals surface area contributed by atoms with Crippen LogP contribution in [0.5, 0.6) is 5.88 Å². The Morgan fingerprint density at radius 2 is 2.07 bits per heavy atom. The number of aliphatic hydroxyl groups is 1. The molecule has 0 atom stereocenters. The molecule has 9 nitrogen and oxygen atoms in total. The third-order valence-corrected chi connectivity index (χ3v) is 7.43.